The third-order valence-corrected chi connectivity index (χ3v) is 3.75. The molecule has 2 aromatic carbocycles. The molecule has 0 aliphatic rings. The maximum atomic E-state index is 12.7. The monoisotopic (exact) mass is 390 g/mol. The van der Waals surface area contributed by atoms with Crippen molar-refractivity contribution < 1.29 is 27.8 Å². The van der Waals surface area contributed by atoms with Gasteiger partial charge in [0.15, 0.2) is 11.5 Å². The maximum absolute atomic E-state index is 12.7. The van der Waals surface area contributed by atoms with E-state index < -0.39 is 12.5 Å². The SMILES string of the molecule is COc1cccc(/C=C/C(=O)Nc2cccc(NC(C)=O)c2C)c1OC(F)F. The van der Waals surface area contributed by atoms with E-state index in [2.05, 4.69) is 15.4 Å². The van der Waals surface area contributed by atoms with E-state index in [1.165, 1.54) is 38.3 Å². The Balaban J connectivity index is 2.20. The molecule has 0 atom stereocenters. The Morgan fingerprint density at radius 3 is 2.32 bits per heavy atom. The number of methoxy groups -OCH3 is 1. The molecular weight excluding hydrogens is 370 g/mol. The van der Waals surface area contributed by atoms with Crippen LogP contribution in [0.1, 0.15) is 18.1 Å². The van der Waals surface area contributed by atoms with Gasteiger partial charge in [0.2, 0.25) is 11.8 Å². The Labute approximate surface area is 161 Å². The first-order valence-electron chi connectivity index (χ1n) is 8.30. The number of rotatable bonds is 7. The molecule has 0 unspecified atom stereocenters. The highest BCUT2D eigenvalue weighted by molar-refractivity contribution is 6.03. The molecule has 0 aliphatic heterocycles. The molecule has 0 fully saturated rings. The quantitative estimate of drug-likeness (QED) is 0.694. The summed E-state index contributed by atoms with van der Waals surface area (Å²) in [7, 11) is 1.33. The fourth-order valence-corrected chi connectivity index (χ4v) is 2.48. The predicted molar refractivity (Wildman–Crippen MR) is 103 cm³/mol. The molecule has 148 valence electrons. The minimum absolute atomic E-state index is 0.127. The van der Waals surface area contributed by atoms with Crippen molar-refractivity contribution in [1.82, 2.24) is 0 Å². The number of para-hydroxylation sites is 1. The lowest BCUT2D eigenvalue weighted by Gasteiger charge is -2.13. The van der Waals surface area contributed by atoms with Gasteiger partial charge in [-0.05, 0) is 36.8 Å². The van der Waals surface area contributed by atoms with Gasteiger partial charge in [-0.2, -0.15) is 8.78 Å². The van der Waals surface area contributed by atoms with Crippen LogP contribution in [0.3, 0.4) is 0 Å². The van der Waals surface area contributed by atoms with Crippen molar-refractivity contribution in [3.05, 3.63) is 53.6 Å². The minimum atomic E-state index is -3.03. The van der Waals surface area contributed by atoms with Crippen molar-refractivity contribution in [3.8, 4) is 11.5 Å². The summed E-state index contributed by atoms with van der Waals surface area (Å²) in [6, 6.07) is 9.68. The van der Waals surface area contributed by atoms with Crippen LogP contribution in [0.25, 0.3) is 6.08 Å². The smallest absolute Gasteiger partial charge is 0.387 e. The van der Waals surface area contributed by atoms with Gasteiger partial charge in [-0.25, -0.2) is 0 Å². The van der Waals surface area contributed by atoms with Crippen LogP contribution in [-0.2, 0) is 9.59 Å². The number of anilines is 2. The number of carbonyl (C=O) groups is 2. The van der Waals surface area contributed by atoms with Gasteiger partial charge in [-0.1, -0.05) is 18.2 Å². The Bertz CT molecular complexity index is 898. The zero-order valence-corrected chi connectivity index (χ0v) is 15.6. The standard InChI is InChI=1S/C20H20F2N2O4/c1-12-15(23-13(2)25)7-5-8-16(12)24-18(26)11-10-14-6-4-9-17(27-3)19(14)28-20(21)22/h4-11,20H,1-3H3,(H,23,25)(H,24,26)/b11-10+. The second kappa shape index (κ2) is 9.50. The average Bonchev–Trinajstić information content (AvgIpc) is 2.63. The van der Waals surface area contributed by atoms with Gasteiger partial charge >= 0.3 is 6.61 Å². The number of ether oxygens (including phenoxy) is 2. The summed E-state index contributed by atoms with van der Waals surface area (Å²) >= 11 is 0. The van der Waals surface area contributed by atoms with E-state index in [0.29, 0.717) is 16.9 Å². The molecule has 2 aromatic rings. The molecule has 2 N–H and O–H groups in total. The summed E-state index contributed by atoms with van der Waals surface area (Å²) < 4.78 is 34.9. The van der Waals surface area contributed by atoms with Crippen molar-refractivity contribution in [2.75, 3.05) is 17.7 Å². The summed E-state index contributed by atoms with van der Waals surface area (Å²) in [6.07, 6.45) is 2.54. The Hall–Kier alpha value is -3.42. The Morgan fingerprint density at radius 1 is 1.07 bits per heavy atom. The maximum Gasteiger partial charge on any atom is 0.387 e. The fourth-order valence-electron chi connectivity index (χ4n) is 2.48. The van der Waals surface area contributed by atoms with Gasteiger partial charge in [0, 0.05) is 29.9 Å². The number of amides is 2. The number of alkyl halides is 2. The van der Waals surface area contributed by atoms with Crippen molar-refractivity contribution in [2.24, 2.45) is 0 Å². The normalized spacial score (nSPS) is 10.8. The third-order valence-electron chi connectivity index (χ3n) is 3.75. The predicted octanol–water partition coefficient (Wildman–Crippen LogP) is 4.22. The first-order valence-corrected chi connectivity index (χ1v) is 8.30. The van der Waals surface area contributed by atoms with Gasteiger partial charge < -0.3 is 20.1 Å². The Kier molecular flexibility index (Phi) is 7.08. The molecule has 8 heteroatoms. The van der Waals surface area contributed by atoms with E-state index in [4.69, 9.17) is 4.74 Å². The molecule has 0 spiro atoms. The second-order valence-electron chi connectivity index (χ2n) is 5.74. The molecule has 0 saturated heterocycles. The highest BCUT2D eigenvalue weighted by atomic mass is 19.3. The van der Waals surface area contributed by atoms with Crippen LogP contribution >= 0.6 is 0 Å². The lowest BCUT2D eigenvalue weighted by molar-refractivity contribution is -0.114. The average molecular weight is 390 g/mol. The van der Waals surface area contributed by atoms with Crippen LogP contribution in [-0.4, -0.2) is 25.5 Å². The lowest BCUT2D eigenvalue weighted by Crippen LogP contribution is -2.12. The van der Waals surface area contributed by atoms with Gasteiger partial charge in [-0.3, -0.25) is 9.59 Å². The van der Waals surface area contributed by atoms with Crippen molar-refractivity contribution in [1.29, 1.82) is 0 Å². The van der Waals surface area contributed by atoms with Crippen LogP contribution in [0.5, 0.6) is 11.5 Å². The first-order chi connectivity index (χ1) is 13.3. The van der Waals surface area contributed by atoms with E-state index in [1.54, 1.807) is 31.2 Å². The summed E-state index contributed by atoms with van der Waals surface area (Å²) in [6.45, 7) is 0.110. The molecule has 0 heterocycles. The molecule has 28 heavy (non-hydrogen) atoms. The minimum Gasteiger partial charge on any atom is -0.493 e. The number of nitrogens with one attached hydrogen (secondary N) is 2. The van der Waals surface area contributed by atoms with Crippen LogP contribution < -0.4 is 20.1 Å². The lowest BCUT2D eigenvalue weighted by atomic mass is 10.1. The van der Waals surface area contributed by atoms with Crippen LogP contribution in [0.2, 0.25) is 0 Å². The summed E-state index contributed by atoms with van der Waals surface area (Å²) in [4.78, 5) is 23.5. The van der Waals surface area contributed by atoms with Gasteiger partial charge in [-0.15, -0.1) is 0 Å². The topological polar surface area (TPSA) is 76.7 Å². The largest absolute Gasteiger partial charge is 0.493 e. The van der Waals surface area contributed by atoms with Gasteiger partial charge in [0.1, 0.15) is 0 Å². The van der Waals surface area contributed by atoms with E-state index >= 15 is 0 Å². The molecular formula is C20H20F2N2O4. The molecule has 0 saturated carbocycles. The number of benzene rings is 2. The van der Waals surface area contributed by atoms with Crippen LogP contribution in [0.4, 0.5) is 20.2 Å². The Morgan fingerprint density at radius 2 is 1.71 bits per heavy atom. The zero-order valence-electron chi connectivity index (χ0n) is 15.6. The summed E-state index contributed by atoms with van der Waals surface area (Å²) in [5, 5.41) is 5.36. The zero-order chi connectivity index (χ0) is 20.7. The van der Waals surface area contributed by atoms with E-state index in [-0.39, 0.29) is 23.0 Å². The van der Waals surface area contributed by atoms with Crippen LogP contribution in [0, 0.1) is 6.92 Å². The van der Waals surface area contributed by atoms with Gasteiger partial charge in [0.05, 0.1) is 7.11 Å². The van der Waals surface area contributed by atoms with E-state index in [0.717, 1.165) is 0 Å². The molecule has 0 aromatic heterocycles. The van der Waals surface area contributed by atoms with Crippen molar-refractivity contribution in [2.45, 2.75) is 20.5 Å². The van der Waals surface area contributed by atoms with E-state index in [9.17, 15) is 18.4 Å². The van der Waals surface area contributed by atoms with E-state index in [1.807, 2.05) is 0 Å². The van der Waals surface area contributed by atoms with Crippen LogP contribution in [0.15, 0.2) is 42.5 Å². The van der Waals surface area contributed by atoms with Crippen molar-refractivity contribution in [3.63, 3.8) is 0 Å². The molecule has 0 bridgehead atoms. The third kappa shape index (κ3) is 5.54. The second-order valence-corrected chi connectivity index (χ2v) is 5.74. The number of carbonyl (C=O) groups excluding carboxylic acids is 2. The summed E-state index contributed by atoms with van der Waals surface area (Å²) in [5.41, 5.74) is 2.03. The van der Waals surface area contributed by atoms with Crippen molar-refractivity contribution >= 4 is 29.3 Å². The molecule has 2 rings (SSSR count). The number of hydrogen-bond donors (Lipinski definition) is 2. The number of halogens is 2. The number of hydrogen-bond acceptors (Lipinski definition) is 4. The molecule has 0 aliphatic carbocycles. The highest BCUT2D eigenvalue weighted by Crippen LogP contribution is 2.33. The first kappa shape index (κ1) is 20.9. The van der Waals surface area contributed by atoms with Gasteiger partial charge in [0.25, 0.3) is 0 Å². The molecule has 2 amide bonds. The molecule has 6 nitrogen and oxygen atoms in total. The molecule has 0 radical (unpaired) electrons. The summed E-state index contributed by atoms with van der Waals surface area (Å²) in [5.74, 6) is -0.737. The fraction of sp³-hybridized carbons (Fsp3) is 0.200. The highest BCUT2D eigenvalue weighted by Gasteiger charge is 2.14.